The summed E-state index contributed by atoms with van der Waals surface area (Å²) in [6.07, 6.45) is 0.629. The van der Waals surface area contributed by atoms with E-state index in [-0.39, 0.29) is 17.3 Å². The molecule has 0 spiro atoms. The predicted octanol–water partition coefficient (Wildman–Crippen LogP) is -1.08. The molecule has 0 saturated heterocycles. The second-order valence-corrected chi connectivity index (χ2v) is 4.77. The Hall–Kier alpha value is -2.56. The van der Waals surface area contributed by atoms with Crippen LogP contribution in [0.3, 0.4) is 0 Å². The molecule has 1 aromatic heterocycles. The van der Waals surface area contributed by atoms with Gasteiger partial charge < -0.3 is 10.2 Å². The van der Waals surface area contributed by atoms with Gasteiger partial charge in [-0.3, -0.25) is 18.7 Å². The fourth-order valence-electron chi connectivity index (χ4n) is 2.06. The normalized spacial score (nSPS) is 10.0. The topological polar surface area (TPSA) is 100 Å². The second kappa shape index (κ2) is 6.74. The van der Waals surface area contributed by atoms with E-state index in [4.69, 9.17) is 5.26 Å². The van der Waals surface area contributed by atoms with Crippen molar-refractivity contribution in [2.75, 3.05) is 25.0 Å². The summed E-state index contributed by atoms with van der Waals surface area (Å²) in [6.45, 7) is 2.41. The summed E-state index contributed by atoms with van der Waals surface area (Å²) in [5.41, 5.74) is -1.16. The molecule has 0 aliphatic rings. The Balaban J connectivity index is 3.07. The van der Waals surface area contributed by atoms with Gasteiger partial charge in [0.15, 0.2) is 5.56 Å². The minimum atomic E-state index is -0.607. The van der Waals surface area contributed by atoms with Gasteiger partial charge in [-0.2, -0.15) is 5.26 Å². The molecular formula is C13H19N5O3. The molecule has 1 amide bonds. The molecule has 0 bridgehead atoms. The largest absolute Gasteiger partial charge is 0.360 e. The molecule has 1 N–H and O–H groups in total. The first-order valence-electron chi connectivity index (χ1n) is 6.47. The first-order chi connectivity index (χ1) is 9.81. The van der Waals surface area contributed by atoms with Crippen LogP contribution >= 0.6 is 0 Å². The minimum absolute atomic E-state index is 0.0679. The van der Waals surface area contributed by atoms with Crippen LogP contribution in [0.1, 0.15) is 18.9 Å². The highest BCUT2D eigenvalue weighted by Crippen LogP contribution is 2.12. The second-order valence-electron chi connectivity index (χ2n) is 4.77. The lowest BCUT2D eigenvalue weighted by Gasteiger charge is -2.23. The van der Waals surface area contributed by atoms with Gasteiger partial charge in [0.2, 0.25) is 5.91 Å². The molecule has 0 saturated carbocycles. The number of hydrogen-bond acceptors (Lipinski definition) is 5. The van der Waals surface area contributed by atoms with E-state index in [2.05, 4.69) is 5.32 Å². The molecule has 1 aromatic rings. The van der Waals surface area contributed by atoms with Crippen molar-refractivity contribution >= 4 is 11.7 Å². The molecule has 1 heterocycles. The number of rotatable bonds is 5. The van der Waals surface area contributed by atoms with Crippen LogP contribution in [0.25, 0.3) is 0 Å². The third kappa shape index (κ3) is 3.51. The Morgan fingerprint density at radius 2 is 1.95 bits per heavy atom. The van der Waals surface area contributed by atoms with Gasteiger partial charge >= 0.3 is 5.69 Å². The quantitative estimate of drug-likeness (QED) is 0.696. The third-order valence-electron chi connectivity index (χ3n) is 3.15. The Morgan fingerprint density at radius 3 is 2.48 bits per heavy atom. The Kier molecular flexibility index (Phi) is 5.30. The molecule has 21 heavy (non-hydrogen) atoms. The summed E-state index contributed by atoms with van der Waals surface area (Å²) < 4.78 is 2.19. The highest BCUT2D eigenvalue weighted by molar-refractivity contribution is 5.72. The van der Waals surface area contributed by atoms with Crippen LogP contribution in [0.4, 0.5) is 5.82 Å². The number of nitriles is 1. The molecule has 8 nitrogen and oxygen atoms in total. The molecule has 0 unspecified atom stereocenters. The molecule has 8 heteroatoms. The maximum atomic E-state index is 12.0. The fourth-order valence-corrected chi connectivity index (χ4v) is 2.06. The number of nitrogens with one attached hydrogen (secondary N) is 1. The average molecular weight is 293 g/mol. The smallest absolute Gasteiger partial charge is 0.332 e. The number of nitrogens with zero attached hydrogens (tertiary/aromatic N) is 4. The number of carbonyl (C=O) groups is 1. The number of carbonyl (C=O) groups excluding carboxylic acids is 1. The lowest BCUT2D eigenvalue weighted by molar-refractivity contribution is -0.118. The van der Waals surface area contributed by atoms with E-state index in [1.807, 2.05) is 6.07 Å². The molecule has 114 valence electrons. The van der Waals surface area contributed by atoms with Crippen LogP contribution in [0.5, 0.6) is 0 Å². The monoisotopic (exact) mass is 293 g/mol. The van der Waals surface area contributed by atoms with Gasteiger partial charge in [-0.05, 0) is 6.42 Å². The standard InChI is InChI=1S/C13H19N5O3/c1-9(19)15-6-5-7-16(2)11-10(8-14)12(20)18(4)13(21)17(11)3/h5-7H2,1-4H3,(H,15,19). The van der Waals surface area contributed by atoms with Crippen molar-refractivity contribution in [1.29, 1.82) is 5.26 Å². The predicted molar refractivity (Wildman–Crippen MR) is 78.2 cm³/mol. The lowest BCUT2D eigenvalue weighted by Crippen LogP contribution is -2.42. The van der Waals surface area contributed by atoms with Crippen LogP contribution in [-0.2, 0) is 18.9 Å². The number of anilines is 1. The van der Waals surface area contributed by atoms with Gasteiger partial charge in [0.05, 0.1) is 0 Å². The highest BCUT2D eigenvalue weighted by Gasteiger charge is 2.18. The minimum Gasteiger partial charge on any atom is -0.360 e. The van der Waals surface area contributed by atoms with Crippen molar-refractivity contribution in [1.82, 2.24) is 14.5 Å². The van der Waals surface area contributed by atoms with Crippen molar-refractivity contribution in [3.8, 4) is 6.07 Å². The summed E-state index contributed by atoms with van der Waals surface area (Å²) in [5.74, 6) is 0.171. The van der Waals surface area contributed by atoms with Gasteiger partial charge in [-0.25, -0.2) is 4.79 Å². The Bertz CT molecular complexity index is 695. The van der Waals surface area contributed by atoms with Gasteiger partial charge in [-0.15, -0.1) is 0 Å². The first kappa shape index (κ1) is 16.5. The van der Waals surface area contributed by atoms with Crippen molar-refractivity contribution in [3.63, 3.8) is 0 Å². The van der Waals surface area contributed by atoms with E-state index < -0.39 is 11.2 Å². The molecule has 0 aliphatic carbocycles. The van der Waals surface area contributed by atoms with Gasteiger partial charge in [0.25, 0.3) is 5.56 Å². The number of aromatic nitrogens is 2. The van der Waals surface area contributed by atoms with Gasteiger partial charge in [-0.1, -0.05) is 0 Å². The Morgan fingerprint density at radius 1 is 1.33 bits per heavy atom. The van der Waals surface area contributed by atoms with Crippen molar-refractivity contribution in [2.45, 2.75) is 13.3 Å². The van der Waals surface area contributed by atoms with Crippen LogP contribution in [0.15, 0.2) is 9.59 Å². The summed E-state index contributed by atoms with van der Waals surface area (Å²) in [5, 5.41) is 11.8. The van der Waals surface area contributed by atoms with Crippen molar-refractivity contribution in [3.05, 3.63) is 26.4 Å². The lowest BCUT2D eigenvalue weighted by atomic mass is 10.3. The van der Waals surface area contributed by atoms with E-state index in [1.54, 1.807) is 11.9 Å². The van der Waals surface area contributed by atoms with Crippen LogP contribution in [0, 0.1) is 11.3 Å². The van der Waals surface area contributed by atoms with E-state index in [9.17, 15) is 14.4 Å². The third-order valence-corrected chi connectivity index (χ3v) is 3.15. The summed E-state index contributed by atoms with van der Waals surface area (Å²) in [6, 6.07) is 1.86. The molecule has 0 atom stereocenters. The zero-order valence-electron chi connectivity index (χ0n) is 12.6. The van der Waals surface area contributed by atoms with Crippen LogP contribution < -0.4 is 21.5 Å². The van der Waals surface area contributed by atoms with E-state index in [0.717, 1.165) is 4.57 Å². The molecule has 1 rings (SSSR count). The maximum absolute atomic E-state index is 12.0. The van der Waals surface area contributed by atoms with Gasteiger partial charge in [0.1, 0.15) is 11.9 Å². The van der Waals surface area contributed by atoms with Crippen LogP contribution in [0.2, 0.25) is 0 Å². The molecule has 0 aromatic carbocycles. The summed E-state index contributed by atoms with van der Waals surface area (Å²) in [4.78, 5) is 36.3. The average Bonchev–Trinajstić information content (AvgIpc) is 2.44. The van der Waals surface area contributed by atoms with E-state index in [1.165, 1.54) is 25.6 Å². The molecular weight excluding hydrogens is 274 g/mol. The fraction of sp³-hybridized carbons (Fsp3) is 0.538. The Labute approximate surface area is 122 Å². The maximum Gasteiger partial charge on any atom is 0.332 e. The number of hydrogen-bond donors (Lipinski definition) is 1. The van der Waals surface area contributed by atoms with E-state index in [0.29, 0.717) is 19.5 Å². The first-order valence-corrected chi connectivity index (χ1v) is 6.47. The highest BCUT2D eigenvalue weighted by atomic mass is 16.2. The summed E-state index contributed by atoms with van der Waals surface area (Å²) in [7, 11) is 4.55. The SMILES string of the molecule is CC(=O)NCCCN(C)c1c(C#N)c(=O)n(C)c(=O)n1C. The molecule has 0 aliphatic heterocycles. The van der Waals surface area contributed by atoms with Crippen molar-refractivity contribution < 1.29 is 4.79 Å². The molecule has 0 radical (unpaired) electrons. The summed E-state index contributed by atoms with van der Waals surface area (Å²) >= 11 is 0. The van der Waals surface area contributed by atoms with Crippen LogP contribution in [-0.4, -0.2) is 35.2 Å². The van der Waals surface area contributed by atoms with Gasteiger partial charge in [0, 0.05) is 41.2 Å². The van der Waals surface area contributed by atoms with Crippen molar-refractivity contribution in [2.24, 2.45) is 14.1 Å². The molecule has 0 fully saturated rings. The zero-order chi connectivity index (χ0) is 16.2. The zero-order valence-corrected chi connectivity index (χ0v) is 12.6. The van der Waals surface area contributed by atoms with E-state index >= 15 is 0 Å². The number of amides is 1.